The second-order valence-electron chi connectivity index (χ2n) is 6.94. The van der Waals surface area contributed by atoms with E-state index in [4.69, 9.17) is 0 Å². The molecular formula is C16H28N2O3. The second-order valence-corrected chi connectivity index (χ2v) is 6.94. The van der Waals surface area contributed by atoms with E-state index < -0.39 is 11.9 Å². The van der Waals surface area contributed by atoms with Crippen LogP contribution in [-0.2, 0) is 4.79 Å². The lowest BCUT2D eigenvalue weighted by atomic mass is 9.85. The maximum absolute atomic E-state index is 12.3. The Morgan fingerprint density at radius 3 is 2.62 bits per heavy atom. The number of aliphatic carboxylic acids is 1. The molecule has 1 saturated carbocycles. The van der Waals surface area contributed by atoms with Crippen molar-refractivity contribution in [2.75, 3.05) is 13.1 Å². The van der Waals surface area contributed by atoms with Gasteiger partial charge in [-0.05, 0) is 37.5 Å². The number of carboxylic acid groups (broad SMARTS) is 1. The number of carbonyl (C=O) groups excluding carboxylic acids is 1. The van der Waals surface area contributed by atoms with Gasteiger partial charge in [-0.2, -0.15) is 0 Å². The molecule has 1 aliphatic carbocycles. The molecule has 3 unspecified atom stereocenters. The van der Waals surface area contributed by atoms with Gasteiger partial charge in [0.1, 0.15) is 0 Å². The summed E-state index contributed by atoms with van der Waals surface area (Å²) in [5.41, 5.74) is 0. The molecule has 0 radical (unpaired) electrons. The van der Waals surface area contributed by atoms with E-state index in [0.717, 1.165) is 19.4 Å². The van der Waals surface area contributed by atoms with Gasteiger partial charge in [0.15, 0.2) is 0 Å². The molecule has 120 valence electrons. The Hall–Kier alpha value is -1.26. The van der Waals surface area contributed by atoms with Crippen LogP contribution in [0.15, 0.2) is 0 Å². The van der Waals surface area contributed by atoms with Crippen molar-refractivity contribution in [1.82, 2.24) is 10.2 Å². The first-order valence-corrected chi connectivity index (χ1v) is 8.26. The predicted molar refractivity (Wildman–Crippen MR) is 81.0 cm³/mol. The zero-order valence-electron chi connectivity index (χ0n) is 13.2. The summed E-state index contributed by atoms with van der Waals surface area (Å²) in [5.74, 6) is -0.326. The monoisotopic (exact) mass is 296 g/mol. The first kappa shape index (κ1) is 16.1. The number of hydrogen-bond donors (Lipinski definition) is 2. The van der Waals surface area contributed by atoms with Crippen molar-refractivity contribution in [2.24, 2.45) is 17.8 Å². The summed E-state index contributed by atoms with van der Waals surface area (Å²) in [6, 6.07) is 0.312. The van der Waals surface area contributed by atoms with Gasteiger partial charge < -0.3 is 15.3 Å². The van der Waals surface area contributed by atoms with Gasteiger partial charge in [0.25, 0.3) is 0 Å². The number of likely N-dealkylation sites (tertiary alicyclic amines) is 1. The van der Waals surface area contributed by atoms with Crippen LogP contribution >= 0.6 is 0 Å². The molecule has 3 atom stereocenters. The molecule has 0 aromatic rings. The van der Waals surface area contributed by atoms with Crippen LogP contribution in [-0.4, -0.2) is 41.1 Å². The van der Waals surface area contributed by atoms with Gasteiger partial charge in [-0.15, -0.1) is 0 Å². The number of carboxylic acids is 1. The summed E-state index contributed by atoms with van der Waals surface area (Å²) < 4.78 is 0. The molecule has 0 aromatic heterocycles. The maximum Gasteiger partial charge on any atom is 0.317 e. The fourth-order valence-electron chi connectivity index (χ4n) is 3.81. The molecule has 1 saturated heterocycles. The van der Waals surface area contributed by atoms with Gasteiger partial charge in [-0.25, -0.2) is 4.79 Å². The van der Waals surface area contributed by atoms with Crippen molar-refractivity contribution in [1.29, 1.82) is 0 Å². The molecule has 2 N–H and O–H groups in total. The number of nitrogens with zero attached hydrogens (tertiary/aromatic N) is 1. The third kappa shape index (κ3) is 4.11. The molecule has 2 amide bonds. The highest BCUT2D eigenvalue weighted by atomic mass is 16.4. The first-order valence-electron chi connectivity index (χ1n) is 8.26. The van der Waals surface area contributed by atoms with Crippen LogP contribution in [0.4, 0.5) is 4.79 Å². The standard InChI is InChI=1S/C16H28N2O3/c1-11(2)9-13(15(19)20)10-17-16(21)18-8-7-12-5-3-4-6-14(12)18/h11-14H,3-10H2,1-2H3,(H,17,21)(H,19,20). The average Bonchev–Trinajstić information content (AvgIpc) is 2.86. The Bertz CT molecular complexity index is 384. The highest BCUT2D eigenvalue weighted by Crippen LogP contribution is 2.36. The van der Waals surface area contributed by atoms with Crippen LogP contribution in [0.5, 0.6) is 0 Å². The van der Waals surface area contributed by atoms with E-state index in [1.807, 2.05) is 18.7 Å². The maximum atomic E-state index is 12.3. The quantitative estimate of drug-likeness (QED) is 0.819. The van der Waals surface area contributed by atoms with Crippen molar-refractivity contribution < 1.29 is 14.7 Å². The van der Waals surface area contributed by atoms with Crippen LogP contribution < -0.4 is 5.32 Å². The molecule has 2 rings (SSSR count). The fraction of sp³-hybridized carbons (Fsp3) is 0.875. The number of carbonyl (C=O) groups is 2. The minimum atomic E-state index is -0.819. The van der Waals surface area contributed by atoms with E-state index >= 15 is 0 Å². The summed E-state index contributed by atoms with van der Waals surface area (Å²) in [5, 5.41) is 12.1. The van der Waals surface area contributed by atoms with Crippen molar-refractivity contribution in [2.45, 2.75) is 58.4 Å². The average molecular weight is 296 g/mol. The molecule has 5 nitrogen and oxygen atoms in total. The summed E-state index contributed by atoms with van der Waals surface area (Å²) >= 11 is 0. The van der Waals surface area contributed by atoms with Crippen molar-refractivity contribution in [3.05, 3.63) is 0 Å². The summed E-state index contributed by atoms with van der Waals surface area (Å²) in [4.78, 5) is 25.5. The van der Waals surface area contributed by atoms with E-state index in [1.165, 1.54) is 19.3 Å². The highest BCUT2D eigenvalue weighted by Gasteiger charge is 2.38. The first-order chi connectivity index (χ1) is 9.99. The van der Waals surface area contributed by atoms with Crippen LogP contribution in [0, 0.1) is 17.8 Å². The van der Waals surface area contributed by atoms with Crippen LogP contribution in [0.1, 0.15) is 52.4 Å². The van der Waals surface area contributed by atoms with Crippen molar-refractivity contribution in [3.8, 4) is 0 Å². The Kier molecular flexibility index (Phi) is 5.48. The molecule has 2 aliphatic rings. The molecule has 1 heterocycles. The third-order valence-electron chi connectivity index (χ3n) is 4.88. The van der Waals surface area contributed by atoms with Crippen molar-refractivity contribution in [3.63, 3.8) is 0 Å². The van der Waals surface area contributed by atoms with Gasteiger partial charge in [0.2, 0.25) is 0 Å². The summed E-state index contributed by atoms with van der Waals surface area (Å²) in [6.45, 7) is 5.07. The lowest BCUT2D eigenvalue weighted by molar-refractivity contribution is -0.142. The van der Waals surface area contributed by atoms with Gasteiger partial charge >= 0.3 is 12.0 Å². The molecule has 21 heavy (non-hydrogen) atoms. The number of rotatable bonds is 5. The Balaban J connectivity index is 1.84. The summed E-state index contributed by atoms with van der Waals surface area (Å²) in [7, 11) is 0. The second kappa shape index (κ2) is 7.14. The van der Waals surface area contributed by atoms with E-state index in [1.54, 1.807) is 0 Å². The molecule has 0 aromatic carbocycles. The Morgan fingerprint density at radius 2 is 1.95 bits per heavy atom. The Labute approximate surface area is 127 Å². The molecular weight excluding hydrogens is 268 g/mol. The molecule has 0 bridgehead atoms. The normalized spacial score (nSPS) is 26.5. The van der Waals surface area contributed by atoms with Crippen LogP contribution in [0.2, 0.25) is 0 Å². The predicted octanol–water partition coefficient (Wildman–Crippen LogP) is 2.71. The van der Waals surface area contributed by atoms with E-state index in [9.17, 15) is 14.7 Å². The van der Waals surface area contributed by atoms with Gasteiger partial charge in [-0.1, -0.05) is 26.7 Å². The van der Waals surface area contributed by atoms with Gasteiger partial charge in [0.05, 0.1) is 5.92 Å². The van der Waals surface area contributed by atoms with Crippen LogP contribution in [0.25, 0.3) is 0 Å². The smallest absolute Gasteiger partial charge is 0.317 e. The minimum Gasteiger partial charge on any atom is -0.481 e. The topological polar surface area (TPSA) is 69.6 Å². The number of urea groups is 1. The van der Waals surface area contributed by atoms with Crippen LogP contribution in [0.3, 0.4) is 0 Å². The SMILES string of the molecule is CC(C)CC(CNC(=O)N1CCC2CCCCC21)C(=O)O. The number of nitrogens with one attached hydrogen (secondary N) is 1. The van der Waals surface area contributed by atoms with Crippen molar-refractivity contribution >= 4 is 12.0 Å². The van der Waals surface area contributed by atoms with E-state index in [-0.39, 0.29) is 12.6 Å². The van der Waals surface area contributed by atoms with Gasteiger partial charge in [0, 0.05) is 19.1 Å². The zero-order chi connectivity index (χ0) is 15.4. The molecule has 0 spiro atoms. The minimum absolute atomic E-state index is 0.0700. The third-order valence-corrected chi connectivity index (χ3v) is 4.88. The molecule has 2 fully saturated rings. The van der Waals surface area contributed by atoms with Gasteiger partial charge in [-0.3, -0.25) is 4.79 Å². The molecule has 1 aliphatic heterocycles. The highest BCUT2D eigenvalue weighted by molar-refractivity contribution is 5.76. The number of hydrogen-bond acceptors (Lipinski definition) is 2. The number of fused-ring (bicyclic) bond motifs is 1. The zero-order valence-corrected chi connectivity index (χ0v) is 13.2. The number of amides is 2. The lowest BCUT2D eigenvalue weighted by Crippen LogP contribution is -2.46. The lowest BCUT2D eigenvalue weighted by Gasteiger charge is -2.32. The van der Waals surface area contributed by atoms with E-state index in [0.29, 0.717) is 24.3 Å². The summed E-state index contributed by atoms with van der Waals surface area (Å²) in [6.07, 6.45) is 6.53. The van der Waals surface area contributed by atoms with E-state index in [2.05, 4.69) is 5.32 Å². The fourth-order valence-corrected chi connectivity index (χ4v) is 3.81. The Morgan fingerprint density at radius 1 is 1.24 bits per heavy atom. The molecule has 5 heteroatoms. The largest absolute Gasteiger partial charge is 0.481 e.